The van der Waals surface area contributed by atoms with Gasteiger partial charge in [0, 0.05) is 56.9 Å². The molecular weight excluding hydrogens is 416 g/mol. The lowest BCUT2D eigenvalue weighted by Gasteiger charge is -2.34. The van der Waals surface area contributed by atoms with Gasteiger partial charge in [-0.3, -0.25) is 14.5 Å². The quantitative estimate of drug-likeness (QED) is 0.515. The summed E-state index contributed by atoms with van der Waals surface area (Å²) in [5.41, 5.74) is 2.07. The number of nitrogens with one attached hydrogen (secondary N) is 2. The number of hydrogen-bond acceptors (Lipinski definition) is 5. The van der Waals surface area contributed by atoms with Crippen LogP contribution in [0.3, 0.4) is 0 Å². The first-order valence-electron chi connectivity index (χ1n) is 11.9. The number of amides is 2. The molecule has 7 heteroatoms. The van der Waals surface area contributed by atoms with Crippen molar-refractivity contribution in [2.45, 2.75) is 25.8 Å². The molecule has 0 unspecified atom stereocenters. The topological polar surface area (TPSA) is 73.9 Å². The van der Waals surface area contributed by atoms with Crippen molar-refractivity contribution in [3.05, 3.63) is 60.2 Å². The minimum absolute atomic E-state index is 0.0296. The van der Waals surface area contributed by atoms with Gasteiger partial charge < -0.3 is 20.3 Å². The highest BCUT2D eigenvalue weighted by Gasteiger charge is 2.29. The molecule has 7 nitrogen and oxygen atoms in total. The maximum atomic E-state index is 12.1. The number of rotatable bonds is 11. The van der Waals surface area contributed by atoms with E-state index < -0.39 is 0 Å². The van der Waals surface area contributed by atoms with E-state index in [2.05, 4.69) is 50.8 Å². The van der Waals surface area contributed by atoms with Gasteiger partial charge in [0.25, 0.3) is 5.91 Å². The van der Waals surface area contributed by atoms with Crippen molar-refractivity contribution in [2.75, 3.05) is 51.2 Å². The Morgan fingerprint density at radius 2 is 1.70 bits per heavy atom. The highest BCUT2D eigenvalue weighted by atomic mass is 16.5. The molecule has 2 amide bonds. The summed E-state index contributed by atoms with van der Waals surface area (Å²) in [6, 6.07) is 17.8. The van der Waals surface area contributed by atoms with Crippen LogP contribution in [0.4, 0.5) is 5.69 Å². The molecule has 0 spiro atoms. The molecule has 2 fully saturated rings. The minimum Gasteiger partial charge on any atom is -0.484 e. The fourth-order valence-corrected chi connectivity index (χ4v) is 4.00. The molecular formula is C26H34N4O3. The van der Waals surface area contributed by atoms with Gasteiger partial charge in [-0.25, -0.2) is 0 Å². The van der Waals surface area contributed by atoms with Crippen molar-refractivity contribution in [3.8, 4) is 5.75 Å². The molecule has 1 aliphatic heterocycles. The number of ether oxygens (including phenoxy) is 1. The Hall–Kier alpha value is -2.90. The molecule has 2 N–H and O–H groups in total. The number of nitrogens with zero attached hydrogens (tertiary/aromatic N) is 2. The lowest BCUT2D eigenvalue weighted by atomic mass is 10.2. The first-order chi connectivity index (χ1) is 16.2. The van der Waals surface area contributed by atoms with Crippen molar-refractivity contribution in [3.63, 3.8) is 0 Å². The maximum absolute atomic E-state index is 12.1. The Kier molecular flexibility index (Phi) is 8.33. The lowest BCUT2D eigenvalue weighted by Crippen LogP contribution is -2.46. The van der Waals surface area contributed by atoms with E-state index >= 15 is 0 Å². The summed E-state index contributed by atoms with van der Waals surface area (Å²) in [6.07, 6.45) is 2.85. The largest absolute Gasteiger partial charge is 0.484 e. The SMILES string of the molecule is O=C(COc1cccc(NC(=O)C2CC2)c1)NCCCN1CCN(Cc2ccccc2)CC1. The van der Waals surface area contributed by atoms with Crippen molar-refractivity contribution < 1.29 is 14.3 Å². The van der Waals surface area contributed by atoms with Crippen LogP contribution in [-0.4, -0.2) is 67.5 Å². The summed E-state index contributed by atoms with van der Waals surface area (Å²) in [7, 11) is 0. The van der Waals surface area contributed by atoms with Crippen molar-refractivity contribution >= 4 is 17.5 Å². The first kappa shape index (κ1) is 23.3. The number of anilines is 1. The molecule has 1 saturated heterocycles. The van der Waals surface area contributed by atoms with Crippen LogP contribution in [0.15, 0.2) is 54.6 Å². The van der Waals surface area contributed by atoms with E-state index in [0.29, 0.717) is 18.0 Å². The van der Waals surface area contributed by atoms with E-state index in [1.807, 2.05) is 12.1 Å². The van der Waals surface area contributed by atoms with Crippen LogP contribution in [0, 0.1) is 5.92 Å². The molecule has 1 aliphatic carbocycles. The van der Waals surface area contributed by atoms with Crippen LogP contribution >= 0.6 is 0 Å². The van der Waals surface area contributed by atoms with Gasteiger partial charge in [-0.15, -0.1) is 0 Å². The van der Waals surface area contributed by atoms with Gasteiger partial charge >= 0.3 is 0 Å². The van der Waals surface area contributed by atoms with E-state index in [0.717, 1.165) is 58.5 Å². The predicted molar refractivity (Wildman–Crippen MR) is 129 cm³/mol. The monoisotopic (exact) mass is 450 g/mol. The molecule has 0 bridgehead atoms. The van der Waals surface area contributed by atoms with E-state index in [9.17, 15) is 9.59 Å². The normalized spacial score (nSPS) is 16.8. The molecule has 0 aromatic heterocycles. The predicted octanol–water partition coefficient (Wildman–Crippen LogP) is 2.74. The van der Waals surface area contributed by atoms with Gasteiger partial charge in [-0.1, -0.05) is 36.4 Å². The van der Waals surface area contributed by atoms with Crippen LogP contribution in [0.2, 0.25) is 0 Å². The van der Waals surface area contributed by atoms with E-state index in [1.165, 1.54) is 5.56 Å². The summed E-state index contributed by atoms with van der Waals surface area (Å²) in [4.78, 5) is 29.0. The Balaban J connectivity index is 1.06. The number of hydrogen-bond donors (Lipinski definition) is 2. The fourth-order valence-electron chi connectivity index (χ4n) is 4.00. The van der Waals surface area contributed by atoms with Gasteiger partial charge in [0.05, 0.1) is 0 Å². The average Bonchev–Trinajstić information content (AvgIpc) is 3.68. The number of benzene rings is 2. The number of carbonyl (C=O) groups excluding carboxylic acids is 2. The lowest BCUT2D eigenvalue weighted by molar-refractivity contribution is -0.123. The zero-order valence-electron chi connectivity index (χ0n) is 19.2. The third kappa shape index (κ3) is 7.87. The van der Waals surface area contributed by atoms with Crippen LogP contribution in [0.25, 0.3) is 0 Å². The second kappa shape index (κ2) is 11.8. The molecule has 33 heavy (non-hydrogen) atoms. The third-order valence-electron chi connectivity index (χ3n) is 6.11. The first-order valence-corrected chi connectivity index (χ1v) is 11.9. The summed E-state index contributed by atoms with van der Waals surface area (Å²) >= 11 is 0. The molecule has 0 radical (unpaired) electrons. The van der Waals surface area contributed by atoms with Crippen molar-refractivity contribution in [1.82, 2.24) is 15.1 Å². The molecule has 2 aromatic rings. The van der Waals surface area contributed by atoms with Gasteiger partial charge in [-0.05, 0) is 43.5 Å². The van der Waals surface area contributed by atoms with Crippen LogP contribution in [0.1, 0.15) is 24.8 Å². The van der Waals surface area contributed by atoms with Crippen molar-refractivity contribution in [2.24, 2.45) is 5.92 Å². The number of piperazine rings is 1. The van der Waals surface area contributed by atoms with Gasteiger partial charge in [0.15, 0.2) is 6.61 Å². The van der Waals surface area contributed by atoms with E-state index in [-0.39, 0.29) is 24.3 Å². The van der Waals surface area contributed by atoms with Crippen molar-refractivity contribution in [1.29, 1.82) is 0 Å². The Morgan fingerprint density at radius 3 is 2.45 bits per heavy atom. The van der Waals surface area contributed by atoms with Crippen LogP contribution in [0.5, 0.6) is 5.75 Å². The fraction of sp³-hybridized carbons (Fsp3) is 0.462. The highest BCUT2D eigenvalue weighted by Crippen LogP contribution is 2.30. The summed E-state index contributed by atoms with van der Waals surface area (Å²) in [6.45, 7) is 6.91. The molecule has 1 heterocycles. The number of carbonyl (C=O) groups is 2. The third-order valence-corrected chi connectivity index (χ3v) is 6.11. The van der Waals surface area contributed by atoms with Crippen LogP contribution in [-0.2, 0) is 16.1 Å². The average molecular weight is 451 g/mol. The minimum atomic E-state index is -0.130. The standard InChI is InChI=1S/C26H34N4O3/c31-25(20-33-24-9-4-8-23(18-24)28-26(32)22-10-11-22)27-12-5-13-29-14-16-30(17-15-29)19-21-6-2-1-3-7-21/h1-4,6-9,18,22H,5,10-17,19-20H2,(H,27,31)(H,28,32). The highest BCUT2D eigenvalue weighted by molar-refractivity contribution is 5.94. The molecule has 2 aromatic carbocycles. The van der Waals surface area contributed by atoms with Gasteiger partial charge in [-0.2, -0.15) is 0 Å². The second-order valence-electron chi connectivity index (χ2n) is 8.89. The molecule has 4 rings (SSSR count). The van der Waals surface area contributed by atoms with E-state index in [4.69, 9.17) is 4.74 Å². The summed E-state index contributed by atoms with van der Waals surface area (Å²) in [5.74, 6) is 0.656. The molecule has 176 valence electrons. The van der Waals surface area contributed by atoms with Crippen LogP contribution < -0.4 is 15.4 Å². The zero-order valence-corrected chi connectivity index (χ0v) is 19.2. The Labute approximate surface area is 196 Å². The smallest absolute Gasteiger partial charge is 0.257 e. The zero-order chi connectivity index (χ0) is 22.9. The molecule has 2 aliphatic rings. The van der Waals surface area contributed by atoms with Gasteiger partial charge in [0.2, 0.25) is 5.91 Å². The maximum Gasteiger partial charge on any atom is 0.257 e. The summed E-state index contributed by atoms with van der Waals surface area (Å²) in [5, 5.41) is 5.83. The summed E-state index contributed by atoms with van der Waals surface area (Å²) < 4.78 is 5.59. The molecule has 1 saturated carbocycles. The van der Waals surface area contributed by atoms with E-state index in [1.54, 1.807) is 12.1 Å². The Bertz CT molecular complexity index is 909. The Morgan fingerprint density at radius 1 is 0.939 bits per heavy atom. The molecule has 0 atom stereocenters. The van der Waals surface area contributed by atoms with Gasteiger partial charge in [0.1, 0.15) is 5.75 Å². The second-order valence-corrected chi connectivity index (χ2v) is 8.89.